The molecule has 4 rings (SSSR count). The third kappa shape index (κ3) is 4.19. The lowest BCUT2D eigenvalue weighted by molar-refractivity contribution is -0.274. The summed E-state index contributed by atoms with van der Waals surface area (Å²) in [7, 11) is 0. The number of aromatic nitrogens is 4. The number of para-hydroxylation sites is 1. The van der Waals surface area contributed by atoms with Crippen LogP contribution < -0.4 is 15.8 Å². The van der Waals surface area contributed by atoms with E-state index in [9.17, 15) is 23.1 Å². The van der Waals surface area contributed by atoms with E-state index in [-0.39, 0.29) is 17.3 Å². The number of ether oxygens (including phenoxy) is 1. The molecule has 160 valence electrons. The highest BCUT2D eigenvalue weighted by atomic mass is 19.4. The Morgan fingerprint density at radius 2 is 1.97 bits per heavy atom. The van der Waals surface area contributed by atoms with Crippen molar-refractivity contribution in [2.24, 2.45) is 5.73 Å². The normalized spacial score (nSPS) is 12.8. The zero-order valence-electron chi connectivity index (χ0n) is 15.7. The summed E-state index contributed by atoms with van der Waals surface area (Å²) in [5.41, 5.74) is 6.41. The van der Waals surface area contributed by atoms with Crippen molar-refractivity contribution in [1.29, 1.82) is 0 Å². The summed E-state index contributed by atoms with van der Waals surface area (Å²) >= 11 is 0. The van der Waals surface area contributed by atoms with Crippen molar-refractivity contribution in [3.05, 3.63) is 48.5 Å². The van der Waals surface area contributed by atoms with Gasteiger partial charge in [0.25, 0.3) is 0 Å². The molecule has 2 heterocycles. The molecule has 1 atom stereocenters. The second-order valence-corrected chi connectivity index (χ2v) is 6.48. The van der Waals surface area contributed by atoms with Gasteiger partial charge in [-0.2, -0.15) is 4.52 Å². The number of rotatable bonds is 6. The van der Waals surface area contributed by atoms with Gasteiger partial charge in [-0.05, 0) is 24.3 Å². The molecule has 1 amide bonds. The molecule has 2 aromatic heterocycles. The van der Waals surface area contributed by atoms with Gasteiger partial charge in [-0.1, -0.05) is 24.3 Å². The number of halogens is 3. The molecular formula is C19H15F3N6O3. The van der Waals surface area contributed by atoms with Gasteiger partial charge in [0, 0.05) is 10.9 Å². The number of carbonyl (C=O) groups is 1. The molecule has 9 nitrogen and oxygen atoms in total. The summed E-state index contributed by atoms with van der Waals surface area (Å²) in [6.45, 7) is -0.580. The van der Waals surface area contributed by atoms with E-state index < -0.39 is 30.7 Å². The van der Waals surface area contributed by atoms with Crippen molar-refractivity contribution in [3.8, 4) is 17.1 Å². The molecule has 0 aliphatic rings. The van der Waals surface area contributed by atoms with Crippen molar-refractivity contribution in [2.45, 2.75) is 12.4 Å². The van der Waals surface area contributed by atoms with Crippen LogP contribution in [0.25, 0.3) is 27.9 Å². The van der Waals surface area contributed by atoms with Crippen LogP contribution in [0.1, 0.15) is 0 Å². The number of carbonyl (C=O) groups excluding carboxylic acids is 1. The zero-order chi connectivity index (χ0) is 22.2. The van der Waals surface area contributed by atoms with E-state index in [0.717, 1.165) is 12.1 Å². The number of primary amides is 1. The lowest BCUT2D eigenvalue weighted by Crippen LogP contribution is -2.39. The quantitative estimate of drug-likeness (QED) is 0.426. The monoisotopic (exact) mass is 432 g/mol. The predicted molar refractivity (Wildman–Crippen MR) is 104 cm³/mol. The summed E-state index contributed by atoms with van der Waals surface area (Å²) in [6.07, 6.45) is -4.84. The first-order chi connectivity index (χ1) is 14.7. The maximum absolute atomic E-state index is 12.6. The lowest BCUT2D eigenvalue weighted by Gasteiger charge is -2.14. The van der Waals surface area contributed by atoms with Crippen LogP contribution in [0, 0.1) is 0 Å². The number of alkyl halides is 3. The van der Waals surface area contributed by atoms with Crippen LogP contribution in [-0.2, 0) is 4.79 Å². The summed E-state index contributed by atoms with van der Waals surface area (Å²) in [4.78, 5) is 20.4. The Morgan fingerprint density at radius 3 is 2.68 bits per heavy atom. The van der Waals surface area contributed by atoms with Crippen LogP contribution in [0.4, 0.5) is 19.1 Å². The van der Waals surface area contributed by atoms with E-state index in [1.54, 1.807) is 24.3 Å². The summed E-state index contributed by atoms with van der Waals surface area (Å²) in [5.74, 6) is -1.04. The molecule has 0 saturated heterocycles. The van der Waals surface area contributed by atoms with E-state index in [1.165, 1.54) is 16.6 Å². The first kappa shape index (κ1) is 20.3. The van der Waals surface area contributed by atoms with Crippen LogP contribution in [0.2, 0.25) is 0 Å². The fourth-order valence-electron chi connectivity index (χ4n) is 2.97. The second kappa shape index (κ2) is 7.72. The number of fused-ring (bicyclic) bond motifs is 3. The highest BCUT2D eigenvalue weighted by molar-refractivity contribution is 5.93. The fourth-order valence-corrected chi connectivity index (χ4v) is 2.97. The topological polar surface area (TPSA) is 128 Å². The highest BCUT2D eigenvalue weighted by Gasteiger charge is 2.31. The third-order valence-electron chi connectivity index (χ3n) is 4.33. The Labute approximate surface area is 172 Å². The SMILES string of the molecule is NC(=O)[C@@H](CO)Nc1nc2ccccc2c2nc(-c3cccc(OC(F)(F)F)c3)nn12. The van der Waals surface area contributed by atoms with Crippen LogP contribution in [0.5, 0.6) is 5.75 Å². The Bertz CT molecular complexity index is 1270. The van der Waals surface area contributed by atoms with Crippen molar-refractivity contribution in [2.75, 3.05) is 11.9 Å². The minimum Gasteiger partial charge on any atom is -0.406 e. The van der Waals surface area contributed by atoms with Gasteiger partial charge < -0.3 is 20.9 Å². The Hall–Kier alpha value is -3.93. The Balaban J connectivity index is 1.86. The van der Waals surface area contributed by atoms with Crippen molar-refractivity contribution >= 4 is 28.4 Å². The van der Waals surface area contributed by atoms with Gasteiger partial charge in [-0.15, -0.1) is 18.3 Å². The lowest BCUT2D eigenvalue weighted by atomic mass is 10.2. The molecule has 2 aromatic carbocycles. The van der Waals surface area contributed by atoms with Crippen LogP contribution in [-0.4, -0.2) is 49.6 Å². The maximum atomic E-state index is 12.6. The predicted octanol–water partition coefficient (Wildman–Crippen LogP) is 2.10. The molecule has 0 fully saturated rings. The number of nitrogens with two attached hydrogens (primary N) is 1. The van der Waals surface area contributed by atoms with E-state index in [2.05, 4.69) is 25.1 Å². The van der Waals surface area contributed by atoms with E-state index >= 15 is 0 Å². The standard InChI is InChI=1S/C19H15F3N6O3/c20-19(21,22)31-11-5-3-4-10(8-11)16-26-17-12-6-1-2-7-13(12)24-18(28(17)27-16)25-14(9-29)15(23)30/h1-8,14,29H,9H2,(H2,23,30)(H,24,25)/t14-/m1/s1. The van der Waals surface area contributed by atoms with Crippen molar-refractivity contribution in [3.63, 3.8) is 0 Å². The minimum absolute atomic E-state index is 0.0768. The average molecular weight is 432 g/mol. The first-order valence-electron chi connectivity index (χ1n) is 8.93. The van der Waals surface area contributed by atoms with Gasteiger partial charge in [0.1, 0.15) is 11.8 Å². The molecular weight excluding hydrogens is 417 g/mol. The number of hydrogen-bond donors (Lipinski definition) is 3. The number of amides is 1. The summed E-state index contributed by atoms with van der Waals surface area (Å²) < 4.78 is 42.9. The fraction of sp³-hybridized carbons (Fsp3) is 0.158. The Kier molecular flexibility index (Phi) is 5.07. The number of anilines is 1. The van der Waals surface area contributed by atoms with Crippen LogP contribution in [0.3, 0.4) is 0 Å². The van der Waals surface area contributed by atoms with Gasteiger partial charge in [0.15, 0.2) is 11.5 Å². The van der Waals surface area contributed by atoms with E-state index in [1.807, 2.05) is 0 Å². The number of benzene rings is 2. The minimum atomic E-state index is -4.84. The van der Waals surface area contributed by atoms with Gasteiger partial charge in [-0.25, -0.2) is 9.97 Å². The highest BCUT2D eigenvalue weighted by Crippen LogP contribution is 2.28. The first-order valence-corrected chi connectivity index (χ1v) is 8.93. The molecule has 0 aliphatic heterocycles. The van der Waals surface area contributed by atoms with Gasteiger partial charge >= 0.3 is 6.36 Å². The van der Waals surface area contributed by atoms with Crippen molar-refractivity contribution < 1.29 is 27.8 Å². The summed E-state index contributed by atoms with van der Waals surface area (Å²) in [5, 5.41) is 17.1. The molecule has 31 heavy (non-hydrogen) atoms. The van der Waals surface area contributed by atoms with Gasteiger partial charge in [-0.3, -0.25) is 4.79 Å². The molecule has 0 bridgehead atoms. The third-order valence-corrected chi connectivity index (χ3v) is 4.33. The average Bonchev–Trinajstić information content (AvgIpc) is 3.16. The number of hydrogen-bond acceptors (Lipinski definition) is 7. The molecule has 0 radical (unpaired) electrons. The maximum Gasteiger partial charge on any atom is 0.573 e. The molecule has 0 unspecified atom stereocenters. The molecule has 0 aliphatic carbocycles. The van der Waals surface area contributed by atoms with E-state index in [0.29, 0.717) is 16.6 Å². The zero-order valence-corrected chi connectivity index (χ0v) is 15.7. The smallest absolute Gasteiger partial charge is 0.406 e. The van der Waals surface area contributed by atoms with E-state index in [4.69, 9.17) is 5.73 Å². The van der Waals surface area contributed by atoms with Crippen LogP contribution >= 0.6 is 0 Å². The number of aliphatic hydroxyl groups excluding tert-OH is 1. The van der Waals surface area contributed by atoms with Crippen LogP contribution in [0.15, 0.2) is 48.5 Å². The summed E-state index contributed by atoms with van der Waals surface area (Å²) in [6, 6.07) is 11.1. The molecule has 12 heteroatoms. The van der Waals surface area contributed by atoms with Crippen molar-refractivity contribution in [1.82, 2.24) is 19.6 Å². The molecule has 0 spiro atoms. The number of nitrogens with one attached hydrogen (secondary N) is 1. The Morgan fingerprint density at radius 1 is 1.19 bits per heavy atom. The second-order valence-electron chi connectivity index (χ2n) is 6.48. The number of aliphatic hydroxyl groups is 1. The molecule has 4 N–H and O–H groups in total. The van der Waals surface area contributed by atoms with Gasteiger partial charge in [0.2, 0.25) is 11.9 Å². The molecule has 0 saturated carbocycles. The van der Waals surface area contributed by atoms with Gasteiger partial charge in [0.05, 0.1) is 12.1 Å². The largest absolute Gasteiger partial charge is 0.573 e. The number of nitrogens with zero attached hydrogens (tertiary/aromatic N) is 4. The molecule has 4 aromatic rings.